The largest absolute Gasteiger partial charge is 0.454 e. The third kappa shape index (κ3) is 14.1. The third-order valence-corrected chi connectivity index (χ3v) is 31.2. The second-order valence-corrected chi connectivity index (χ2v) is 38.2. The summed E-state index contributed by atoms with van der Waals surface area (Å²) < 4.78 is 12.2. The first-order valence-electron chi connectivity index (χ1n) is 46.5. The topological polar surface area (TPSA) is 22.9 Å². The van der Waals surface area contributed by atoms with Crippen molar-refractivity contribution in [2.75, 3.05) is 14.7 Å². The van der Waals surface area contributed by atoms with Gasteiger partial charge in [0.2, 0.25) is 13.4 Å². The first-order chi connectivity index (χ1) is 67.1. The van der Waals surface area contributed by atoms with Gasteiger partial charge in [0.15, 0.2) is 5.58 Å². The van der Waals surface area contributed by atoms with E-state index >= 15 is 0 Å². The van der Waals surface area contributed by atoms with Crippen LogP contribution < -0.4 is 63.9 Å². The van der Waals surface area contributed by atoms with Crippen LogP contribution in [0.4, 0.5) is 51.2 Å². The molecule has 0 saturated heterocycles. The number of hydrogen-bond acceptors (Lipinski definition) is 5. The van der Waals surface area contributed by atoms with Gasteiger partial charge in [-0.2, -0.15) is 0 Å². The van der Waals surface area contributed by atoms with Gasteiger partial charge >= 0.3 is 271 Å². The Morgan fingerprint density at radius 3 is 0.852 bits per heavy atom. The Balaban J connectivity index is 0.000000108. The molecule has 0 radical (unpaired) electrons. The zero-order valence-corrected chi connectivity index (χ0v) is 76.3. The van der Waals surface area contributed by atoms with Gasteiger partial charge in [-0.1, -0.05) is 302 Å². The van der Waals surface area contributed by atoms with E-state index in [4.69, 9.17) is 4.42 Å². The number of para-hydroxylation sites is 8. The fourth-order valence-corrected chi connectivity index (χ4v) is 25.5. The first-order valence-corrected chi connectivity index (χ1v) is 49.0. The second-order valence-electron chi connectivity index (χ2n) is 34.9. The zero-order valence-electron chi connectivity index (χ0n) is 73.8. The summed E-state index contributed by atoms with van der Waals surface area (Å²) in [5.74, 6) is 0. The Hall–Kier alpha value is -16.2. The number of nitrogens with zero attached hydrogens (tertiary/aromatic N) is 3. The van der Waals surface area contributed by atoms with E-state index in [1.807, 2.05) is 17.4 Å². The number of rotatable bonds is 12. The summed E-state index contributed by atoms with van der Waals surface area (Å²) in [6, 6.07) is 186. The van der Waals surface area contributed by atoms with Crippen molar-refractivity contribution in [2.45, 2.75) is 0 Å². The maximum absolute atomic E-state index is 6.59. The van der Waals surface area contributed by atoms with Crippen LogP contribution >= 0.6 is 11.3 Å². The van der Waals surface area contributed by atoms with E-state index < -0.39 is 0 Å². The van der Waals surface area contributed by atoms with Crippen LogP contribution in [-0.2, 0) is 0 Å². The van der Waals surface area contributed by atoms with Crippen molar-refractivity contribution in [1.29, 1.82) is 0 Å². The normalized spacial score (nSPS) is 12.4. The molecule has 3 aliphatic rings. The number of thiophene rings is 1. The van der Waals surface area contributed by atoms with Gasteiger partial charge in [0.1, 0.15) is 5.58 Å². The van der Waals surface area contributed by atoms with Crippen molar-refractivity contribution < 1.29 is 4.42 Å². The summed E-state index contributed by atoms with van der Waals surface area (Å²) in [7, 11) is 0. The Bertz CT molecular complexity index is 7510. The van der Waals surface area contributed by atoms with Crippen molar-refractivity contribution in [3.05, 3.63) is 510 Å². The van der Waals surface area contributed by atoms with Crippen molar-refractivity contribution >= 4 is 208 Å². The number of hydrogen-bond donors (Lipinski definition) is 0. The van der Waals surface area contributed by atoms with E-state index in [-0.39, 0.29) is 34.6 Å². The van der Waals surface area contributed by atoms with Gasteiger partial charge in [-0.25, -0.2) is 0 Å². The molecule has 0 spiro atoms. The molecule has 9 heteroatoms. The fourth-order valence-electron chi connectivity index (χ4n) is 21.8. The Labute approximate surface area is 796 Å². The van der Waals surface area contributed by atoms with Crippen LogP contribution in [0, 0.1) is 0 Å². The van der Waals surface area contributed by atoms with Gasteiger partial charge in [-0.15, -0.1) is 11.3 Å². The molecule has 0 fully saturated rings. The molecule has 21 aromatic carbocycles. The summed E-state index contributed by atoms with van der Waals surface area (Å²) >= 11 is 2.13. The predicted molar refractivity (Wildman–Crippen MR) is 581 cm³/mol. The minimum atomic E-state index is 0.00939. The average Bonchev–Trinajstić information content (AvgIpc) is 1.70. The van der Waals surface area contributed by atoms with Gasteiger partial charge in [0.25, 0.3) is 0 Å². The molecule has 3 aliphatic heterocycles. The van der Waals surface area contributed by atoms with Gasteiger partial charge < -0.3 is 14.2 Å². The van der Waals surface area contributed by atoms with Crippen LogP contribution in [0.2, 0.25) is 0 Å². The Kier molecular flexibility index (Phi) is 20.8. The van der Waals surface area contributed by atoms with Crippen LogP contribution in [0.5, 0.6) is 0 Å². The summed E-state index contributed by atoms with van der Waals surface area (Å²) in [5.41, 5.74) is 39.5. The molecule has 27 rings (SSSR count). The van der Waals surface area contributed by atoms with E-state index in [0.29, 0.717) is 0 Å². The molecule has 0 aliphatic carbocycles. The molecule has 4 nitrogen and oxygen atoms in total. The van der Waals surface area contributed by atoms with Crippen LogP contribution in [-0.4, -0.2) is 34.6 Å². The summed E-state index contributed by atoms with van der Waals surface area (Å²) in [6.45, 7) is 0.108. The molecule has 630 valence electrons. The molecule has 0 amide bonds. The van der Waals surface area contributed by atoms with E-state index in [0.717, 1.165) is 39.0 Å². The molecule has 3 aromatic heterocycles. The molecule has 0 saturated carbocycles. The Morgan fingerprint density at radius 1 is 0.193 bits per heavy atom. The van der Waals surface area contributed by atoms with Crippen LogP contribution in [0.15, 0.2) is 514 Å². The maximum Gasteiger partial charge on any atom is 0.248 e. The molecule has 0 unspecified atom stereocenters. The van der Waals surface area contributed by atoms with Gasteiger partial charge in [0, 0.05) is 49.0 Å². The smallest absolute Gasteiger partial charge is 0.248 e. The minimum absolute atomic E-state index is 0.00939. The van der Waals surface area contributed by atoms with Crippen molar-refractivity contribution in [3.8, 4) is 66.8 Å². The van der Waals surface area contributed by atoms with Crippen molar-refractivity contribution in [1.82, 2.24) is 0 Å². The van der Waals surface area contributed by atoms with E-state index in [9.17, 15) is 0 Å². The van der Waals surface area contributed by atoms with Gasteiger partial charge in [0.05, 0.1) is 16.1 Å². The third-order valence-electron chi connectivity index (χ3n) is 27.5. The van der Waals surface area contributed by atoms with Crippen molar-refractivity contribution in [3.63, 3.8) is 0 Å². The minimum Gasteiger partial charge on any atom is -0.454 e. The molecular weight excluding hydrogens is 1710 g/mol. The quantitative estimate of drug-likeness (QED) is 0.114. The van der Waals surface area contributed by atoms with E-state index in [1.54, 1.807) is 0 Å². The molecule has 0 N–H and O–H groups in total. The summed E-state index contributed by atoms with van der Waals surface area (Å²) in [6.07, 6.45) is 0. The fraction of sp³-hybridized carbons (Fsp3) is 0. The van der Waals surface area contributed by atoms with E-state index in [1.165, 1.54) is 190 Å². The van der Waals surface area contributed by atoms with Gasteiger partial charge in [-0.05, 0) is 115 Å². The molecule has 0 atom stereocenters. The summed E-state index contributed by atoms with van der Waals surface area (Å²) in [4.78, 5) is 7.45. The monoisotopic (exact) mass is 1800 g/mol. The zero-order chi connectivity index (χ0) is 89.2. The molecule has 24 aromatic rings. The number of furan rings is 1. The molecule has 135 heavy (non-hydrogen) atoms. The first kappa shape index (κ1) is 80.8. The predicted octanol–water partition coefficient (Wildman–Crippen LogP) is 27.6. The Morgan fingerprint density at radius 2 is 0.459 bits per heavy atom. The SMILES string of the molecule is c1ccc(-c2cccc(-c3ccccc3)c2B2c3ccccc3N(c3cccc4c3[se]c3ccccc34)c3ccccc32)cc1.c1ccc(-c2cccc(-c3ccccc3)c2B2c3ccccc3N(c3cccc4c3oc3ccccc34)c3ccccc32)cc1.c1ccc(-c2cccc(-c3ccccc3)c2B2c3ccccc3N(c3cccc4c3sc3ccccc34)c3ccccc32)cc1. The van der Waals surface area contributed by atoms with Crippen LogP contribution in [0.1, 0.15) is 0 Å². The van der Waals surface area contributed by atoms with Crippen LogP contribution in [0.25, 0.3) is 128 Å². The van der Waals surface area contributed by atoms with Crippen molar-refractivity contribution in [2.24, 2.45) is 0 Å². The second kappa shape index (κ2) is 34.8. The average molecular weight is 1800 g/mol. The molecule has 0 bridgehead atoms. The number of fused-ring (bicyclic) bond motifs is 15. The maximum atomic E-state index is 6.59. The summed E-state index contributed by atoms with van der Waals surface area (Å²) in [5, 5.41) is 7.65. The number of anilines is 9. The number of benzene rings is 21. The molecule has 6 heterocycles. The van der Waals surface area contributed by atoms with Crippen LogP contribution in [0.3, 0.4) is 0 Å². The van der Waals surface area contributed by atoms with Gasteiger partial charge in [-0.3, -0.25) is 0 Å². The van der Waals surface area contributed by atoms with E-state index in [2.05, 4.69) is 518 Å². The standard InChI is InChI=1S/C42H28BNO.C42H28BNS.C42H28BNSe/c3*1-3-15-29(16-4-1)31-20-13-21-32(30-17-5-2-6-18-30)41(31)43-35-23-8-10-25-37(35)44(38-26-11-9-24-36(38)43)39-27-14-22-34-33-19-7-12-28-40(33)45-42(34)39/h3*1-28H. The molecular formula is C126H84B3N3OSSe.